The third-order valence-corrected chi connectivity index (χ3v) is 2.35. The van der Waals surface area contributed by atoms with Crippen molar-refractivity contribution >= 4 is 11.6 Å². The first-order valence-electron chi connectivity index (χ1n) is 5.27. The number of rotatable bonds is 4. The molecule has 0 radical (unpaired) electrons. The average molecular weight is 258 g/mol. The second-order valence-electron chi connectivity index (χ2n) is 3.77. The van der Waals surface area contributed by atoms with Gasteiger partial charge in [0.2, 0.25) is 5.82 Å². The molecule has 1 aromatic rings. The molecule has 0 aliphatic carbocycles. The normalized spacial score (nSPS) is 10.2. The Bertz CT molecular complexity index is 491. The number of carbonyl (C=O) groups is 1. The van der Waals surface area contributed by atoms with Crippen molar-refractivity contribution in [1.29, 1.82) is 0 Å². The Hall–Kier alpha value is -2.05. The quantitative estimate of drug-likeness (QED) is 0.615. The molecule has 0 bridgehead atoms. The highest BCUT2D eigenvalue weighted by Gasteiger charge is 2.25. The van der Waals surface area contributed by atoms with Crippen LogP contribution in [0.2, 0.25) is 0 Å². The number of nitro benzene ring substituents is 1. The van der Waals surface area contributed by atoms with E-state index in [1.54, 1.807) is 0 Å². The van der Waals surface area contributed by atoms with Crippen molar-refractivity contribution in [3.8, 4) is 0 Å². The molecule has 0 fully saturated rings. The van der Waals surface area contributed by atoms with Crippen LogP contribution in [0.5, 0.6) is 0 Å². The molecule has 0 atom stereocenters. The van der Waals surface area contributed by atoms with Gasteiger partial charge in [0.05, 0.1) is 16.6 Å². The summed E-state index contributed by atoms with van der Waals surface area (Å²) < 4.78 is 26.8. The molecule has 0 aliphatic heterocycles. The van der Waals surface area contributed by atoms with Crippen molar-refractivity contribution in [2.24, 2.45) is 0 Å². The highest BCUT2D eigenvalue weighted by Crippen LogP contribution is 2.23. The first-order valence-corrected chi connectivity index (χ1v) is 5.27. The Morgan fingerprint density at radius 3 is 2.56 bits per heavy atom. The molecule has 5 nitrogen and oxygen atoms in total. The molecular weight excluding hydrogens is 246 g/mol. The molecule has 7 heteroatoms. The fourth-order valence-corrected chi connectivity index (χ4v) is 1.51. The number of benzene rings is 1. The molecule has 18 heavy (non-hydrogen) atoms. The van der Waals surface area contributed by atoms with Crippen molar-refractivity contribution in [3.05, 3.63) is 39.4 Å². The number of hydrogen-bond donors (Lipinski definition) is 0. The van der Waals surface area contributed by atoms with E-state index in [-0.39, 0.29) is 0 Å². The van der Waals surface area contributed by atoms with E-state index in [1.807, 2.05) is 6.92 Å². The van der Waals surface area contributed by atoms with E-state index < -0.39 is 33.7 Å². The van der Waals surface area contributed by atoms with Crippen molar-refractivity contribution in [3.63, 3.8) is 0 Å². The highest BCUT2D eigenvalue weighted by atomic mass is 19.1. The molecule has 98 valence electrons. The first kappa shape index (κ1) is 14.0. The molecule has 1 amide bonds. The molecule has 1 rings (SSSR count). The third kappa shape index (κ3) is 2.79. The molecule has 0 spiro atoms. The van der Waals surface area contributed by atoms with E-state index in [0.717, 1.165) is 0 Å². The van der Waals surface area contributed by atoms with Gasteiger partial charge in [-0.2, -0.15) is 4.39 Å². The van der Waals surface area contributed by atoms with Crippen LogP contribution in [0.25, 0.3) is 0 Å². The number of nitro groups is 1. The van der Waals surface area contributed by atoms with E-state index in [1.165, 1.54) is 11.9 Å². The lowest BCUT2D eigenvalue weighted by molar-refractivity contribution is -0.387. The molecule has 0 aromatic heterocycles. The Morgan fingerprint density at radius 2 is 2.06 bits per heavy atom. The smallest absolute Gasteiger partial charge is 0.308 e. The van der Waals surface area contributed by atoms with Crippen molar-refractivity contribution in [2.75, 3.05) is 13.6 Å². The number of hydrogen-bond acceptors (Lipinski definition) is 3. The van der Waals surface area contributed by atoms with E-state index in [4.69, 9.17) is 0 Å². The summed E-state index contributed by atoms with van der Waals surface area (Å²) in [7, 11) is 1.42. The minimum atomic E-state index is -1.31. The van der Waals surface area contributed by atoms with Crippen LogP contribution in [0, 0.1) is 21.7 Å². The Morgan fingerprint density at radius 1 is 1.44 bits per heavy atom. The summed E-state index contributed by atoms with van der Waals surface area (Å²) in [6, 6.07) is 1.11. The Balaban J connectivity index is 3.24. The van der Waals surface area contributed by atoms with Gasteiger partial charge >= 0.3 is 5.69 Å². The molecule has 1 aromatic carbocycles. The van der Waals surface area contributed by atoms with E-state index in [0.29, 0.717) is 25.1 Å². The van der Waals surface area contributed by atoms with Gasteiger partial charge < -0.3 is 4.90 Å². The molecule has 0 saturated heterocycles. The summed E-state index contributed by atoms with van der Waals surface area (Å²) in [5, 5.41) is 10.5. The number of amides is 1. The highest BCUT2D eigenvalue weighted by molar-refractivity contribution is 5.95. The Kier molecular flexibility index (Phi) is 4.30. The number of carbonyl (C=O) groups excluding carboxylic acids is 1. The third-order valence-electron chi connectivity index (χ3n) is 2.35. The second kappa shape index (κ2) is 5.52. The molecule has 0 heterocycles. The van der Waals surface area contributed by atoms with E-state index in [2.05, 4.69) is 0 Å². The van der Waals surface area contributed by atoms with Crippen LogP contribution in [0.3, 0.4) is 0 Å². The standard InChI is InChI=1S/C11H12F2N2O3/c1-3-4-14(2)11(16)8-5-7(12)6-9(10(8)13)15(17)18/h5-6H,3-4H2,1-2H3. The van der Waals surface area contributed by atoms with Gasteiger partial charge in [-0.15, -0.1) is 0 Å². The molecular formula is C11H12F2N2O3. The minimum absolute atomic E-state index is 0.350. The summed E-state index contributed by atoms with van der Waals surface area (Å²) in [5.41, 5.74) is -1.67. The fourth-order valence-electron chi connectivity index (χ4n) is 1.51. The zero-order chi connectivity index (χ0) is 13.9. The van der Waals surface area contributed by atoms with Gasteiger partial charge in [-0.1, -0.05) is 6.92 Å². The fraction of sp³-hybridized carbons (Fsp3) is 0.364. The maximum Gasteiger partial charge on any atom is 0.308 e. The van der Waals surface area contributed by atoms with Crippen LogP contribution in [0.1, 0.15) is 23.7 Å². The van der Waals surface area contributed by atoms with Crippen molar-refractivity contribution < 1.29 is 18.5 Å². The summed E-state index contributed by atoms with van der Waals surface area (Å²) in [6.45, 7) is 2.16. The zero-order valence-corrected chi connectivity index (χ0v) is 9.94. The van der Waals surface area contributed by atoms with Gasteiger partial charge in [-0.25, -0.2) is 4.39 Å². The van der Waals surface area contributed by atoms with Gasteiger partial charge in [0.25, 0.3) is 5.91 Å². The number of halogens is 2. The second-order valence-corrected chi connectivity index (χ2v) is 3.77. The topological polar surface area (TPSA) is 63.5 Å². The van der Waals surface area contributed by atoms with E-state index in [9.17, 15) is 23.7 Å². The minimum Gasteiger partial charge on any atom is -0.342 e. The van der Waals surface area contributed by atoms with Gasteiger partial charge in [-0.3, -0.25) is 14.9 Å². The monoisotopic (exact) mass is 258 g/mol. The zero-order valence-electron chi connectivity index (χ0n) is 9.94. The lowest BCUT2D eigenvalue weighted by Crippen LogP contribution is -2.28. The van der Waals surface area contributed by atoms with Crippen LogP contribution in [-0.2, 0) is 0 Å². The van der Waals surface area contributed by atoms with Gasteiger partial charge in [-0.05, 0) is 12.5 Å². The molecule has 0 aliphatic rings. The molecule has 0 N–H and O–H groups in total. The lowest BCUT2D eigenvalue weighted by atomic mass is 10.1. The lowest BCUT2D eigenvalue weighted by Gasteiger charge is -2.16. The van der Waals surface area contributed by atoms with E-state index >= 15 is 0 Å². The van der Waals surface area contributed by atoms with Crippen LogP contribution in [-0.4, -0.2) is 29.3 Å². The van der Waals surface area contributed by atoms with Crippen LogP contribution < -0.4 is 0 Å². The van der Waals surface area contributed by atoms with Crippen molar-refractivity contribution in [1.82, 2.24) is 4.90 Å². The maximum absolute atomic E-state index is 13.7. The predicted octanol–water partition coefficient (Wildman–Crippen LogP) is 2.36. The van der Waals surface area contributed by atoms with Gasteiger partial charge in [0.1, 0.15) is 5.82 Å². The van der Waals surface area contributed by atoms with Crippen LogP contribution in [0.4, 0.5) is 14.5 Å². The SMILES string of the molecule is CCCN(C)C(=O)c1cc(F)cc([N+](=O)[O-])c1F. The molecule has 0 saturated carbocycles. The largest absolute Gasteiger partial charge is 0.342 e. The number of nitrogens with zero attached hydrogens (tertiary/aromatic N) is 2. The predicted molar refractivity (Wildman–Crippen MR) is 60.3 cm³/mol. The van der Waals surface area contributed by atoms with Gasteiger partial charge in [0.15, 0.2) is 0 Å². The summed E-state index contributed by atoms with van der Waals surface area (Å²) in [4.78, 5) is 22.4. The summed E-state index contributed by atoms with van der Waals surface area (Å²) in [5.74, 6) is -3.11. The van der Waals surface area contributed by atoms with Gasteiger partial charge in [0, 0.05) is 13.6 Å². The van der Waals surface area contributed by atoms with Crippen LogP contribution >= 0.6 is 0 Å². The first-order chi connectivity index (χ1) is 8.38. The Labute approximate surface area is 102 Å². The summed E-state index contributed by atoms with van der Waals surface area (Å²) >= 11 is 0. The molecule has 0 unspecified atom stereocenters. The summed E-state index contributed by atoms with van der Waals surface area (Å²) in [6.07, 6.45) is 0.640. The van der Waals surface area contributed by atoms with Crippen molar-refractivity contribution in [2.45, 2.75) is 13.3 Å². The maximum atomic E-state index is 13.7. The average Bonchev–Trinajstić information content (AvgIpc) is 2.30. The van der Waals surface area contributed by atoms with Crippen LogP contribution in [0.15, 0.2) is 12.1 Å².